The summed E-state index contributed by atoms with van der Waals surface area (Å²) < 4.78 is 0. The molecular weight excluding hydrogens is 268 g/mol. The molecule has 0 saturated heterocycles. The molecule has 0 aliphatic heterocycles. The molecule has 0 aromatic heterocycles. The van der Waals surface area contributed by atoms with E-state index in [-0.39, 0.29) is 18.0 Å². The average molecular weight is 292 g/mol. The minimum Gasteiger partial charge on any atom is -0.352 e. The van der Waals surface area contributed by atoms with Crippen LogP contribution in [0.3, 0.4) is 0 Å². The second kappa shape index (κ2) is 8.26. The highest BCUT2D eigenvalue weighted by molar-refractivity contribution is 5.89. The van der Waals surface area contributed by atoms with E-state index < -0.39 is 0 Å². The highest BCUT2D eigenvalue weighted by Gasteiger charge is 2.06. The van der Waals surface area contributed by atoms with Crippen LogP contribution < -0.4 is 16.4 Å². The molecule has 6 heteroatoms. The van der Waals surface area contributed by atoms with Crippen LogP contribution in [0.2, 0.25) is 0 Å². The molecule has 4 N–H and O–H groups in total. The van der Waals surface area contributed by atoms with Crippen molar-refractivity contribution in [3.63, 3.8) is 0 Å². The lowest BCUT2D eigenvalue weighted by Crippen LogP contribution is -2.27. The van der Waals surface area contributed by atoms with Crippen molar-refractivity contribution in [3.05, 3.63) is 29.8 Å². The minimum atomic E-state index is -0.187. The van der Waals surface area contributed by atoms with Gasteiger partial charge in [-0.25, -0.2) is 4.79 Å². The zero-order chi connectivity index (χ0) is 15.8. The van der Waals surface area contributed by atoms with Crippen molar-refractivity contribution in [2.24, 2.45) is 5.73 Å². The third-order valence-corrected chi connectivity index (χ3v) is 2.90. The van der Waals surface area contributed by atoms with Crippen LogP contribution in [-0.2, 0) is 11.3 Å². The molecule has 0 spiro atoms. The Morgan fingerprint density at radius 2 is 2.05 bits per heavy atom. The number of nitrogens with two attached hydrogens (primary N) is 1. The van der Waals surface area contributed by atoms with Gasteiger partial charge in [-0.2, -0.15) is 0 Å². The molecule has 21 heavy (non-hydrogen) atoms. The van der Waals surface area contributed by atoms with E-state index in [1.54, 1.807) is 14.1 Å². The number of anilines is 1. The van der Waals surface area contributed by atoms with Crippen LogP contribution >= 0.6 is 0 Å². The van der Waals surface area contributed by atoms with E-state index in [0.29, 0.717) is 25.1 Å². The van der Waals surface area contributed by atoms with Gasteiger partial charge in [0, 0.05) is 38.8 Å². The maximum Gasteiger partial charge on any atom is 0.321 e. The summed E-state index contributed by atoms with van der Waals surface area (Å²) in [6.45, 7) is 2.31. The first-order valence-electron chi connectivity index (χ1n) is 6.98. The quantitative estimate of drug-likeness (QED) is 0.743. The molecule has 116 valence electrons. The molecule has 6 nitrogen and oxygen atoms in total. The second-order valence-corrected chi connectivity index (χ2v) is 5.32. The van der Waals surface area contributed by atoms with Gasteiger partial charge in [-0.05, 0) is 31.0 Å². The average Bonchev–Trinajstić information content (AvgIpc) is 2.43. The van der Waals surface area contributed by atoms with Gasteiger partial charge >= 0.3 is 6.03 Å². The van der Waals surface area contributed by atoms with Crippen LogP contribution in [0.1, 0.15) is 25.3 Å². The van der Waals surface area contributed by atoms with E-state index in [1.165, 1.54) is 4.90 Å². The number of rotatable bonds is 6. The molecule has 0 aliphatic carbocycles. The predicted octanol–water partition coefficient (Wildman–Crippen LogP) is 1.52. The maximum atomic E-state index is 11.6. The Balaban J connectivity index is 2.49. The Morgan fingerprint density at radius 3 is 2.67 bits per heavy atom. The first-order chi connectivity index (χ1) is 9.88. The zero-order valence-electron chi connectivity index (χ0n) is 12.8. The molecule has 0 aliphatic rings. The molecule has 1 aromatic rings. The predicted molar refractivity (Wildman–Crippen MR) is 83.9 cm³/mol. The van der Waals surface area contributed by atoms with Crippen LogP contribution in [0.5, 0.6) is 0 Å². The van der Waals surface area contributed by atoms with Gasteiger partial charge in [-0.3, -0.25) is 4.79 Å². The van der Waals surface area contributed by atoms with Gasteiger partial charge in [0.05, 0.1) is 0 Å². The number of nitrogens with one attached hydrogen (secondary N) is 2. The maximum absolute atomic E-state index is 11.6. The van der Waals surface area contributed by atoms with E-state index in [9.17, 15) is 9.59 Å². The molecule has 1 unspecified atom stereocenters. The highest BCUT2D eigenvalue weighted by Crippen LogP contribution is 2.11. The number of benzene rings is 1. The topological polar surface area (TPSA) is 87.5 Å². The first kappa shape index (κ1) is 17.0. The Kier molecular flexibility index (Phi) is 6.68. The number of hydrogen-bond acceptors (Lipinski definition) is 3. The Morgan fingerprint density at radius 1 is 1.33 bits per heavy atom. The third-order valence-electron chi connectivity index (χ3n) is 2.90. The minimum absolute atomic E-state index is 0.0185. The lowest BCUT2D eigenvalue weighted by Gasteiger charge is -2.13. The Bertz CT molecular complexity index is 486. The van der Waals surface area contributed by atoms with Crippen molar-refractivity contribution in [2.45, 2.75) is 32.4 Å². The monoisotopic (exact) mass is 292 g/mol. The number of hydrogen-bond donors (Lipinski definition) is 3. The fourth-order valence-electron chi connectivity index (χ4n) is 1.64. The molecule has 0 radical (unpaired) electrons. The summed E-state index contributed by atoms with van der Waals surface area (Å²) >= 11 is 0. The van der Waals surface area contributed by atoms with Gasteiger partial charge in [0.2, 0.25) is 5.91 Å². The molecular formula is C15H24N4O2. The smallest absolute Gasteiger partial charge is 0.321 e. The molecule has 1 atom stereocenters. The van der Waals surface area contributed by atoms with Crippen LogP contribution in [0, 0.1) is 0 Å². The van der Waals surface area contributed by atoms with Crippen molar-refractivity contribution in [1.82, 2.24) is 10.2 Å². The summed E-state index contributed by atoms with van der Waals surface area (Å²) in [5.74, 6) is -0.0185. The summed E-state index contributed by atoms with van der Waals surface area (Å²) in [5, 5.41) is 5.61. The van der Waals surface area contributed by atoms with E-state index >= 15 is 0 Å². The SMILES string of the molecule is CC(N)CCC(=O)NCc1cccc(NC(=O)N(C)C)c1. The summed E-state index contributed by atoms with van der Waals surface area (Å²) in [4.78, 5) is 24.7. The summed E-state index contributed by atoms with van der Waals surface area (Å²) in [6.07, 6.45) is 1.10. The summed E-state index contributed by atoms with van der Waals surface area (Å²) in [7, 11) is 3.36. The van der Waals surface area contributed by atoms with Crippen LogP contribution in [0.25, 0.3) is 0 Å². The zero-order valence-corrected chi connectivity index (χ0v) is 12.8. The van der Waals surface area contributed by atoms with Crippen molar-refractivity contribution in [3.8, 4) is 0 Å². The lowest BCUT2D eigenvalue weighted by molar-refractivity contribution is -0.121. The van der Waals surface area contributed by atoms with E-state index in [2.05, 4.69) is 10.6 Å². The van der Waals surface area contributed by atoms with Gasteiger partial charge in [0.15, 0.2) is 0 Å². The van der Waals surface area contributed by atoms with Gasteiger partial charge in [-0.15, -0.1) is 0 Å². The standard InChI is InChI=1S/C15H24N4O2/c1-11(16)7-8-14(20)17-10-12-5-4-6-13(9-12)18-15(21)19(2)3/h4-6,9,11H,7-8,10,16H2,1-3H3,(H,17,20)(H,18,21). The second-order valence-electron chi connectivity index (χ2n) is 5.32. The molecule has 1 aromatic carbocycles. The van der Waals surface area contributed by atoms with Gasteiger partial charge in [0.25, 0.3) is 0 Å². The normalized spacial score (nSPS) is 11.6. The number of nitrogens with zero attached hydrogens (tertiary/aromatic N) is 1. The largest absolute Gasteiger partial charge is 0.352 e. The van der Waals surface area contributed by atoms with Gasteiger partial charge < -0.3 is 21.3 Å². The van der Waals surface area contributed by atoms with E-state index in [1.807, 2.05) is 31.2 Å². The molecule has 0 heterocycles. The third kappa shape index (κ3) is 6.76. The Labute approximate surface area is 125 Å². The number of carbonyl (C=O) groups excluding carboxylic acids is 2. The van der Waals surface area contributed by atoms with Crippen LogP contribution in [-0.4, -0.2) is 37.0 Å². The Hall–Kier alpha value is -2.08. The van der Waals surface area contributed by atoms with Crippen molar-refractivity contribution in [1.29, 1.82) is 0 Å². The van der Waals surface area contributed by atoms with Gasteiger partial charge in [-0.1, -0.05) is 12.1 Å². The van der Waals surface area contributed by atoms with Crippen molar-refractivity contribution >= 4 is 17.6 Å². The highest BCUT2D eigenvalue weighted by atomic mass is 16.2. The number of carbonyl (C=O) groups is 2. The van der Waals surface area contributed by atoms with Crippen LogP contribution in [0.4, 0.5) is 10.5 Å². The fraction of sp³-hybridized carbons (Fsp3) is 0.467. The van der Waals surface area contributed by atoms with E-state index in [0.717, 1.165) is 5.56 Å². The summed E-state index contributed by atoms with van der Waals surface area (Å²) in [6, 6.07) is 7.23. The first-order valence-corrected chi connectivity index (χ1v) is 6.98. The fourth-order valence-corrected chi connectivity index (χ4v) is 1.64. The number of urea groups is 1. The molecule has 0 saturated carbocycles. The van der Waals surface area contributed by atoms with Crippen molar-refractivity contribution in [2.75, 3.05) is 19.4 Å². The van der Waals surface area contributed by atoms with Crippen molar-refractivity contribution < 1.29 is 9.59 Å². The molecule has 0 bridgehead atoms. The van der Waals surface area contributed by atoms with E-state index in [4.69, 9.17) is 5.73 Å². The van der Waals surface area contributed by atoms with Crippen LogP contribution in [0.15, 0.2) is 24.3 Å². The lowest BCUT2D eigenvalue weighted by atomic mass is 10.1. The van der Waals surface area contributed by atoms with Gasteiger partial charge in [0.1, 0.15) is 0 Å². The molecule has 0 fully saturated rings. The molecule has 3 amide bonds. The molecule has 1 rings (SSSR count). The summed E-state index contributed by atoms with van der Waals surface area (Å²) in [5.41, 5.74) is 7.25. The number of amides is 3.